The zero-order valence-electron chi connectivity index (χ0n) is 36.6. The zero-order valence-corrected chi connectivity index (χ0v) is 39.1. The van der Waals surface area contributed by atoms with Crippen LogP contribution in [0.1, 0.15) is 82.9 Å². The van der Waals surface area contributed by atoms with Crippen molar-refractivity contribution in [3.8, 4) is 0 Å². The van der Waals surface area contributed by atoms with E-state index < -0.39 is 11.9 Å². The van der Waals surface area contributed by atoms with Crippen LogP contribution < -0.4 is 0 Å². The van der Waals surface area contributed by atoms with E-state index in [0.29, 0.717) is 58.1 Å². The van der Waals surface area contributed by atoms with Crippen LogP contribution in [-0.2, 0) is 19.3 Å². The Balaban J connectivity index is 0.791. The number of fused-ring (bicyclic) bond motifs is 2. The normalized spacial score (nSPS) is 11.8. The van der Waals surface area contributed by atoms with Gasteiger partial charge in [-0.3, -0.25) is 9.59 Å². The highest BCUT2D eigenvalue weighted by Crippen LogP contribution is 2.31. The van der Waals surface area contributed by atoms with Crippen molar-refractivity contribution in [3.05, 3.63) is 191 Å². The molecule has 0 amide bonds. The minimum Gasteiger partial charge on any atom is -0.453 e. The Kier molecular flexibility index (Phi) is 15.7. The Hall–Kier alpha value is -6.93. The standard InChI is InChI=1S/C54H44N2O8S3/c1-35(57)63-55-47(37-15-23-43(24-16-37)66-45-27-19-39(20-28-45)53(59)51-33-41-9-3-5-13-49(41)61-51)11-7-31-65-32-8-12-48(56-64-36(2)58)38-17-25-44(26-18-38)67-46-29-21-40(22-30-46)54(60)52-34-42-10-4-6-14-50(42)62-52/h3-6,9-10,13-30,33-34H,7-8,11-12,31-32H2,1-2H3/b55-47-,56-48+. The van der Waals surface area contributed by atoms with Gasteiger partial charge in [-0.2, -0.15) is 11.8 Å². The van der Waals surface area contributed by atoms with Gasteiger partial charge in [0.25, 0.3) is 0 Å². The highest BCUT2D eigenvalue weighted by molar-refractivity contribution is 7.99. The minimum absolute atomic E-state index is 0.166. The molecule has 0 N–H and O–H groups in total. The van der Waals surface area contributed by atoms with Crippen LogP contribution in [0, 0.1) is 0 Å². The van der Waals surface area contributed by atoms with Gasteiger partial charge in [-0.25, -0.2) is 9.59 Å². The molecule has 0 spiro atoms. The maximum atomic E-state index is 13.1. The van der Waals surface area contributed by atoms with Gasteiger partial charge in [-0.1, -0.05) is 94.5 Å². The maximum absolute atomic E-state index is 13.1. The van der Waals surface area contributed by atoms with Gasteiger partial charge in [0.15, 0.2) is 11.5 Å². The number of hydrogen-bond acceptors (Lipinski definition) is 13. The molecular weight excluding hydrogens is 901 g/mol. The number of benzene rings is 6. The van der Waals surface area contributed by atoms with Crippen molar-refractivity contribution >= 4 is 92.2 Å². The zero-order chi connectivity index (χ0) is 46.5. The van der Waals surface area contributed by atoms with Crippen LogP contribution in [0.3, 0.4) is 0 Å². The van der Waals surface area contributed by atoms with Crippen LogP contribution in [0.4, 0.5) is 0 Å². The van der Waals surface area contributed by atoms with Crippen molar-refractivity contribution in [2.24, 2.45) is 10.3 Å². The van der Waals surface area contributed by atoms with Crippen LogP contribution in [0.15, 0.2) is 196 Å². The number of ketones is 2. The van der Waals surface area contributed by atoms with Gasteiger partial charge in [-0.05, 0) is 145 Å². The van der Waals surface area contributed by atoms with Crippen molar-refractivity contribution in [2.45, 2.75) is 59.1 Å². The molecule has 0 fully saturated rings. The summed E-state index contributed by atoms with van der Waals surface area (Å²) in [7, 11) is 0. The summed E-state index contributed by atoms with van der Waals surface area (Å²) in [6.07, 6.45) is 2.85. The van der Waals surface area contributed by atoms with Gasteiger partial charge >= 0.3 is 11.9 Å². The molecule has 0 aliphatic carbocycles. The number of carbonyl (C=O) groups excluding carboxylic acids is 4. The van der Waals surface area contributed by atoms with E-state index in [4.69, 9.17) is 18.5 Å². The smallest absolute Gasteiger partial charge is 0.331 e. The number of carbonyl (C=O) groups is 4. The Bertz CT molecular complexity index is 2810. The van der Waals surface area contributed by atoms with E-state index in [-0.39, 0.29) is 11.6 Å². The van der Waals surface area contributed by atoms with Crippen molar-refractivity contribution < 1.29 is 37.7 Å². The first-order valence-electron chi connectivity index (χ1n) is 21.5. The summed E-state index contributed by atoms with van der Waals surface area (Å²) in [4.78, 5) is 63.6. The first-order chi connectivity index (χ1) is 32.6. The third-order valence-corrected chi connectivity index (χ3v) is 13.5. The molecule has 13 heteroatoms. The molecule has 0 radical (unpaired) electrons. The van der Waals surface area contributed by atoms with E-state index in [1.807, 2.05) is 146 Å². The molecule has 6 aromatic carbocycles. The van der Waals surface area contributed by atoms with Crippen LogP contribution in [0.5, 0.6) is 0 Å². The summed E-state index contributed by atoms with van der Waals surface area (Å²) in [5, 5.41) is 10.2. The summed E-state index contributed by atoms with van der Waals surface area (Å²) in [5.74, 6) is 1.04. The second-order valence-electron chi connectivity index (χ2n) is 15.3. The molecule has 67 heavy (non-hydrogen) atoms. The number of nitrogens with zero attached hydrogens (tertiary/aromatic N) is 2. The fraction of sp³-hybridized carbons (Fsp3) is 0.148. The van der Waals surface area contributed by atoms with Crippen molar-refractivity contribution in [1.29, 1.82) is 0 Å². The summed E-state index contributed by atoms with van der Waals surface area (Å²) in [6, 6.07) is 49.4. The van der Waals surface area contributed by atoms with Crippen molar-refractivity contribution in [2.75, 3.05) is 11.5 Å². The lowest BCUT2D eigenvalue weighted by molar-refractivity contribution is -0.141. The lowest BCUT2D eigenvalue weighted by atomic mass is 10.1. The maximum Gasteiger partial charge on any atom is 0.331 e. The molecule has 0 aliphatic rings. The highest BCUT2D eigenvalue weighted by Gasteiger charge is 2.17. The van der Waals surface area contributed by atoms with Crippen LogP contribution in [0.2, 0.25) is 0 Å². The SMILES string of the molecule is CC(=O)O/N=C(/CCCSCCC/C(=N\OC(C)=O)c1ccc(Sc2ccc(C(=O)c3cc4ccccc4o3)cc2)cc1)c1ccc(Sc2ccc(C(=O)c3cc4ccccc4o3)cc2)cc1. The molecular formula is C54H44N2O8S3. The molecule has 10 nitrogen and oxygen atoms in total. The lowest BCUT2D eigenvalue weighted by Gasteiger charge is -2.09. The number of thioether (sulfide) groups is 1. The van der Waals surface area contributed by atoms with Gasteiger partial charge in [-0.15, -0.1) is 0 Å². The molecule has 0 saturated heterocycles. The van der Waals surface area contributed by atoms with E-state index >= 15 is 0 Å². The largest absolute Gasteiger partial charge is 0.453 e. The van der Waals surface area contributed by atoms with E-state index in [9.17, 15) is 19.2 Å². The van der Waals surface area contributed by atoms with Gasteiger partial charge < -0.3 is 18.5 Å². The van der Waals surface area contributed by atoms with Crippen LogP contribution in [-0.4, -0.2) is 46.4 Å². The highest BCUT2D eigenvalue weighted by atomic mass is 32.2. The lowest BCUT2D eigenvalue weighted by Crippen LogP contribution is -2.06. The van der Waals surface area contributed by atoms with E-state index in [0.717, 1.165) is 65.8 Å². The fourth-order valence-electron chi connectivity index (χ4n) is 7.03. The van der Waals surface area contributed by atoms with E-state index in [1.165, 1.54) is 13.8 Å². The quantitative estimate of drug-likeness (QED) is 0.0237. The molecule has 8 rings (SSSR count). The van der Waals surface area contributed by atoms with Gasteiger partial charge in [0.1, 0.15) is 11.2 Å². The first kappa shape index (κ1) is 46.6. The topological polar surface area (TPSA) is 138 Å². The van der Waals surface area contributed by atoms with Gasteiger partial charge in [0, 0.05) is 55.3 Å². The molecule has 0 atom stereocenters. The molecule has 0 bridgehead atoms. The second kappa shape index (κ2) is 22.5. The third-order valence-electron chi connectivity index (χ3n) is 10.4. The Morgan fingerprint density at radius 1 is 0.463 bits per heavy atom. The third kappa shape index (κ3) is 12.7. The van der Waals surface area contributed by atoms with Crippen LogP contribution in [0.25, 0.3) is 21.9 Å². The Morgan fingerprint density at radius 3 is 1.15 bits per heavy atom. The van der Waals surface area contributed by atoms with Gasteiger partial charge in [0.2, 0.25) is 11.6 Å². The average Bonchev–Trinajstić information content (AvgIpc) is 3.99. The molecule has 2 heterocycles. The summed E-state index contributed by atoms with van der Waals surface area (Å²) in [6.45, 7) is 2.66. The first-order valence-corrected chi connectivity index (χ1v) is 24.3. The fourth-order valence-corrected chi connectivity index (χ4v) is 9.57. The molecule has 0 saturated carbocycles. The predicted octanol–water partition coefficient (Wildman–Crippen LogP) is 13.5. The van der Waals surface area contributed by atoms with Crippen molar-refractivity contribution in [1.82, 2.24) is 0 Å². The molecule has 336 valence electrons. The van der Waals surface area contributed by atoms with Gasteiger partial charge in [0.05, 0.1) is 11.4 Å². The molecule has 8 aromatic rings. The molecule has 2 aromatic heterocycles. The number of furan rings is 2. The Labute approximate surface area is 400 Å². The van der Waals surface area contributed by atoms with E-state index in [2.05, 4.69) is 10.3 Å². The van der Waals surface area contributed by atoms with Crippen LogP contribution >= 0.6 is 35.3 Å². The monoisotopic (exact) mass is 944 g/mol. The predicted molar refractivity (Wildman–Crippen MR) is 266 cm³/mol. The summed E-state index contributed by atoms with van der Waals surface area (Å²) < 4.78 is 11.5. The molecule has 0 unspecified atom stereocenters. The number of hydrogen-bond donors (Lipinski definition) is 0. The van der Waals surface area contributed by atoms with E-state index in [1.54, 1.807) is 47.4 Å². The second-order valence-corrected chi connectivity index (χ2v) is 18.8. The molecule has 0 aliphatic heterocycles. The number of para-hydroxylation sites is 2. The minimum atomic E-state index is -0.485. The number of oxime groups is 2. The Morgan fingerprint density at radius 2 is 0.806 bits per heavy atom. The van der Waals surface area contributed by atoms with Crippen molar-refractivity contribution in [3.63, 3.8) is 0 Å². The average molecular weight is 945 g/mol. The summed E-state index contributed by atoms with van der Waals surface area (Å²) >= 11 is 4.95. The summed E-state index contributed by atoms with van der Waals surface area (Å²) in [5.41, 5.74) is 5.56. The number of rotatable bonds is 20.